The number of nitrogens with zero attached hydrogens (tertiary/aromatic N) is 2. The summed E-state index contributed by atoms with van der Waals surface area (Å²) in [5, 5.41) is 3.22. The Bertz CT molecular complexity index is 453. The fourth-order valence-corrected chi connectivity index (χ4v) is 1.51. The second-order valence-corrected chi connectivity index (χ2v) is 3.42. The molecule has 0 aliphatic carbocycles. The molecule has 2 rings (SSSR count). The Balaban J connectivity index is 2.12. The van der Waals surface area contributed by atoms with Crippen LogP contribution < -0.4 is 11.1 Å². The molecule has 2 heterocycles. The number of rotatable bonds is 4. The van der Waals surface area contributed by atoms with Gasteiger partial charge in [0.05, 0.1) is 12.5 Å². The van der Waals surface area contributed by atoms with Crippen LogP contribution in [0.2, 0.25) is 0 Å². The molecule has 0 unspecified atom stereocenters. The molecule has 84 valence electrons. The lowest BCUT2D eigenvalue weighted by molar-refractivity contribution is 0.564. The van der Waals surface area contributed by atoms with Crippen LogP contribution in [0, 0.1) is 0 Å². The Labute approximate surface area is 93.7 Å². The zero-order chi connectivity index (χ0) is 11.4. The zero-order valence-corrected chi connectivity index (χ0v) is 9.10. The van der Waals surface area contributed by atoms with Crippen molar-refractivity contribution in [3.05, 3.63) is 36.0 Å². The van der Waals surface area contributed by atoms with E-state index in [0.717, 1.165) is 23.4 Å². The minimum absolute atomic E-state index is 0.534. The van der Waals surface area contributed by atoms with Crippen molar-refractivity contribution in [3.63, 3.8) is 0 Å². The van der Waals surface area contributed by atoms with Gasteiger partial charge in [-0.3, -0.25) is 0 Å². The van der Waals surface area contributed by atoms with Crippen molar-refractivity contribution in [2.45, 2.75) is 19.9 Å². The van der Waals surface area contributed by atoms with Crippen molar-refractivity contribution in [1.29, 1.82) is 0 Å². The van der Waals surface area contributed by atoms with Gasteiger partial charge in [0.1, 0.15) is 18.0 Å². The van der Waals surface area contributed by atoms with E-state index in [0.29, 0.717) is 12.4 Å². The van der Waals surface area contributed by atoms with E-state index in [9.17, 15) is 0 Å². The Morgan fingerprint density at radius 1 is 1.44 bits per heavy atom. The third-order valence-electron chi connectivity index (χ3n) is 2.37. The average molecular weight is 218 g/mol. The summed E-state index contributed by atoms with van der Waals surface area (Å²) in [7, 11) is 0. The highest BCUT2D eigenvalue weighted by atomic mass is 16.3. The van der Waals surface area contributed by atoms with Crippen LogP contribution in [0.5, 0.6) is 0 Å². The lowest BCUT2D eigenvalue weighted by atomic mass is 10.2. The highest BCUT2D eigenvalue weighted by Crippen LogP contribution is 2.18. The number of anilines is 2. The first-order valence-corrected chi connectivity index (χ1v) is 5.15. The molecule has 16 heavy (non-hydrogen) atoms. The molecule has 2 aromatic rings. The number of hydrogen-bond donors (Lipinski definition) is 2. The standard InChI is InChI=1S/C11H14N4O/c1-2-9-10(12)14-7-15-11(9)13-5-8-3-4-16-6-8/h3-4,6-7H,2,5H2,1H3,(H3,12,13,14,15). The van der Waals surface area contributed by atoms with E-state index in [4.69, 9.17) is 10.2 Å². The highest BCUT2D eigenvalue weighted by Gasteiger charge is 2.06. The van der Waals surface area contributed by atoms with E-state index < -0.39 is 0 Å². The van der Waals surface area contributed by atoms with Gasteiger partial charge in [-0.25, -0.2) is 9.97 Å². The summed E-state index contributed by atoms with van der Waals surface area (Å²) in [5.74, 6) is 1.32. The van der Waals surface area contributed by atoms with Crippen LogP contribution in [-0.2, 0) is 13.0 Å². The van der Waals surface area contributed by atoms with E-state index in [2.05, 4.69) is 15.3 Å². The molecule has 5 nitrogen and oxygen atoms in total. The van der Waals surface area contributed by atoms with Crippen molar-refractivity contribution >= 4 is 11.6 Å². The molecule has 0 aliphatic rings. The number of furan rings is 1. The molecule has 0 bridgehead atoms. The van der Waals surface area contributed by atoms with Crippen molar-refractivity contribution < 1.29 is 4.42 Å². The first-order valence-electron chi connectivity index (χ1n) is 5.15. The number of nitrogens with two attached hydrogens (primary N) is 1. The van der Waals surface area contributed by atoms with Crippen LogP contribution in [0.4, 0.5) is 11.6 Å². The predicted molar refractivity (Wildman–Crippen MR) is 61.9 cm³/mol. The van der Waals surface area contributed by atoms with Gasteiger partial charge in [0.25, 0.3) is 0 Å². The third kappa shape index (κ3) is 2.13. The highest BCUT2D eigenvalue weighted by molar-refractivity contribution is 5.54. The predicted octanol–water partition coefficient (Wildman–Crippen LogP) is 1.83. The number of hydrogen-bond acceptors (Lipinski definition) is 5. The van der Waals surface area contributed by atoms with Crippen molar-refractivity contribution in [1.82, 2.24) is 9.97 Å². The number of aromatic nitrogens is 2. The monoisotopic (exact) mass is 218 g/mol. The molecule has 0 aliphatic heterocycles. The molecular weight excluding hydrogens is 204 g/mol. The molecule has 2 aromatic heterocycles. The van der Waals surface area contributed by atoms with Gasteiger partial charge in [-0.15, -0.1) is 0 Å². The van der Waals surface area contributed by atoms with Crippen LogP contribution in [0.25, 0.3) is 0 Å². The Morgan fingerprint density at radius 2 is 2.31 bits per heavy atom. The van der Waals surface area contributed by atoms with Gasteiger partial charge in [-0.2, -0.15) is 0 Å². The summed E-state index contributed by atoms with van der Waals surface area (Å²) in [5.41, 5.74) is 7.79. The molecule has 3 N–H and O–H groups in total. The molecule has 0 radical (unpaired) electrons. The maximum absolute atomic E-state index is 5.77. The topological polar surface area (TPSA) is 77.0 Å². The second-order valence-electron chi connectivity index (χ2n) is 3.42. The maximum Gasteiger partial charge on any atom is 0.134 e. The number of nitrogen functional groups attached to an aromatic ring is 1. The Kier molecular flexibility index (Phi) is 3.05. The third-order valence-corrected chi connectivity index (χ3v) is 2.37. The van der Waals surface area contributed by atoms with Crippen molar-refractivity contribution in [2.24, 2.45) is 0 Å². The van der Waals surface area contributed by atoms with Gasteiger partial charge in [-0.1, -0.05) is 6.92 Å². The Hall–Kier alpha value is -2.04. The van der Waals surface area contributed by atoms with E-state index in [1.807, 2.05) is 13.0 Å². The van der Waals surface area contributed by atoms with Crippen molar-refractivity contribution in [2.75, 3.05) is 11.1 Å². The summed E-state index contributed by atoms with van der Waals surface area (Å²) in [6.07, 6.45) is 5.61. The summed E-state index contributed by atoms with van der Waals surface area (Å²) >= 11 is 0. The molecule has 0 fully saturated rings. The van der Waals surface area contributed by atoms with Gasteiger partial charge >= 0.3 is 0 Å². The molecule has 0 atom stereocenters. The van der Waals surface area contributed by atoms with E-state index >= 15 is 0 Å². The largest absolute Gasteiger partial charge is 0.472 e. The van der Waals surface area contributed by atoms with Gasteiger partial charge in [-0.05, 0) is 12.5 Å². The summed E-state index contributed by atoms with van der Waals surface area (Å²) < 4.78 is 4.99. The van der Waals surface area contributed by atoms with Gasteiger partial charge in [0, 0.05) is 17.7 Å². The van der Waals surface area contributed by atoms with Crippen LogP contribution in [-0.4, -0.2) is 9.97 Å². The van der Waals surface area contributed by atoms with E-state index in [1.54, 1.807) is 12.5 Å². The smallest absolute Gasteiger partial charge is 0.134 e. The van der Waals surface area contributed by atoms with Crippen LogP contribution in [0.15, 0.2) is 29.3 Å². The summed E-state index contributed by atoms with van der Waals surface area (Å²) in [6, 6.07) is 1.91. The average Bonchev–Trinajstić information content (AvgIpc) is 2.79. The zero-order valence-electron chi connectivity index (χ0n) is 9.10. The van der Waals surface area contributed by atoms with Crippen LogP contribution in [0.3, 0.4) is 0 Å². The van der Waals surface area contributed by atoms with Gasteiger partial charge < -0.3 is 15.5 Å². The minimum Gasteiger partial charge on any atom is -0.472 e. The molecule has 0 aromatic carbocycles. The van der Waals surface area contributed by atoms with Crippen LogP contribution >= 0.6 is 0 Å². The van der Waals surface area contributed by atoms with E-state index in [1.165, 1.54) is 6.33 Å². The molecule has 5 heteroatoms. The summed E-state index contributed by atoms with van der Waals surface area (Å²) in [4.78, 5) is 8.14. The second kappa shape index (κ2) is 4.65. The fourth-order valence-electron chi connectivity index (χ4n) is 1.51. The lowest BCUT2D eigenvalue weighted by Crippen LogP contribution is -2.07. The van der Waals surface area contributed by atoms with Crippen LogP contribution in [0.1, 0.15) is 18.1 Å². The summed E-state index contributed by atoms with van der Waals surface area (Å²) in [6.45, 7) is 2.69. The quantitative estimate of drug-likeness (QED) is 0.818. The maximum atomic E-state index is 5.77. The fraction of sp³-hybridized carbons (Fsp3) is 0.273. The molecular formula is C11H14N4O. The minimum atomic E-state index is 0.534. The molecule has 0 saturated heterocycles. The molecule has 0 spiro atoms. The lowest BCUT2D eigenvalue weighted by Gasteiger charge is -2.09. The van der Waals surface area contributed by atoms with E-state index in [-0.39, 0.29) is 0 Å². The Morgan fingerprint density at radius 3 is 3.00 bits per heavy atom. The SMILES string of the molecule is CCc1c(N)ncnc1NCc1ccoc1. The van der Waals surface area contributed by atoms with Gasteiger partial charge in [0.15, 0.2) is 0 Å². The first-order chi connectivity index (χ1) is 7.81. The first kappa shape index (κ1) is 10.5. The van der Waals surface area contributed by atoms with Gasteiger partial charge in [0.2, 0.25) is 0 Å². The molecule has 0 saturated carbocycles. The normalized spacial score (nSPS) is 10.3. The van der Waals surface area contributed by atoms with Crippen molar-refractivity contribution in [3.8, 4) is 0 Å². The molecule has 0 amide bonds. The number of nitrogens with one attached hydrogen (secondary N) is 1.